The van der Waals surface area contributed by atoms with Crippen LogP contribution in [0.1, 0.15) is 11.3 Å². The number of carbonyl (C=O) groups excluding carboxylic acids is 1. The number of hydrogen-bond donors (Lipinski definition) is 2. The Morgan fingerprint density at radius 2 is 1.85 bits per heavy atom. The predicted octanol–water partition coefficient (Wildman–Crippen LogP) is 3.69. The topological polar surface area (TPSA) is 99.3 Å². The maximum Gasteiger partial charge on any atom is 0.143 e. The third-order valence-corrected chi connectivity index (χ3v) is 7.44. The molecule has 0 aliphatic carbocycles. The summed E-state index contributed by atoms with van der Waals surface area (Å²) >= 11 is 0. The Bertz CT molecular complexity index is 1530. The molecule has 9 nitrogen and oxygen atoms in total. The number of Topliss-reactive ketones (excluding diaryl/α,β-unsaturated/α-hetero) is 1. The van der Waals surface area contributed by atoms with Crippen LogP contribution < -0.4 is 15.1 Å². The summed E-state index contributed by atoms with van der Waals surface area (Å²) in [5.74, 6) is 1.07. The van der Waals surface area contributed by atoms with Gasteiger partial charge in [-0.05, 0) is 35.4 Å². The molecule has 0 saturated carbocycles. The van der Waals surface area contributed by atoms with Crippen LogP contribution in [0.2, 0.25) is 0 Å². The number of carbonyl (C=O) groups is 1. The standard InChI is InChI=1S/C31H33N7O2/c1-3-21(2)35-25-18-38(19-25)26-8-9-32-24(15-26)16-27(39)14-22-4-6-23(7-5-22)29-17-28-30(36-29)33-20-34-31(28)37-10-12-40-13-11-37/h3-9,15,17,20,25,35H,1-2,10-14,16,18-19H2,(H,33,34,36). The second kappa shape index (κ2) is 11.3. The van der Waals surface area contributed by atoms with Crippen molar-refractivity contribution in [3.63, 3.8) is 0 Å². The van der Waals surface area contributed by atoms with E-state index in [9.17, 15) is 4.79 Å². The minimum absolute atomic E-state index is 0.138. The van der Waals surface area contributed by atoms with E-state index in [4.69, 9.17) is 4.74 Å². The van der Waals surface area contributed by atoms with Gasteiger partial charge in [0.15, 0.2) is 0 Å². The second-order valence-corrected chi connectivity index (χ2v) is 10.3. The quantitative estimate of drug-likeness (QED) is 0.297. The fourth-order valence-corrected chi connectivity index (χ4v) is 5.26. The van der Waals surface area contributed by atoms with Crippen molar-refractivity contribution in [1.29, 1.82) is 0 Å². The zero-order valence-electron chi connectivity index (χ0n) is 22.5. The van der Waals surface area contributed by atoms with E-state index in [1.54, 1.807) is 18.6 Å². The first kappa shape index (κ1) is 25.8. The number of anilines is 2. The SMILES string of the molecule is C=CC(=C)NC1CN(c2ccnc(CC(=O)Cc3ccc(-c4cc5c(N6CCOCC6)ncnc5[nH]4)cc3)c2)C1. The third-order valence-electron chi connectivity index (χ3n) is 7.44. The zero-order chi connectivity index (χ0) is 27.5. The Kier molecular flexibility index (Phi) is 7.29. The number of allylic oxidation sites excluding steroid dienone is 1. The van der Waals surface area contributed by atoms with Gasteiger partial charge in [0, 0.05) is 68.0 Å². The van der Waals surface area contributed by atoms with Crippen molar-refractivity contribution >= 4 is 28.3 Å². The summed E-state index contributed by atoms with van der Waals surface area (Å²) in [6, 6.07) is 14.6. The molecular formula is C31H33N7O2. The molecule has 6 rings (SSSR count). The van der Waals surface area contributed by atoms with Gasteiger partial charge in [0.25, 0.3) is 0 Å². The van der Waals surface area contributed by atoms with Crippen molar-refractivity contribution in [3.05, 3.63) is 91.2 Å². The molecule has 3 aromatic heterocycles. The molecule has 4 aromatic rings. The van der Waals surface area contributed by atoms with Gasteiger partial charge in [0.1, 0.15) is 23.6 Å². The lowest BCUT2D eigenvalue weighted by atomic mass is 10.0. The number of benzene rings is 1. The first-order valence-corrected chi connectivity index (χ1v) is 13.6. The van der Waals surface area contributed by atoms with Crippen molar-refractivity contribution in [3.8, 4) is 11.3 Å². The van der Waals surface area contributed by atoms with Gasteiger partial charge in [0.05, 0.1) is 24.6 Å². The maximum atomic E-state index is 12.9. The summed E-state index contributed by atoms with van der Waals surface area (Å²) in [6.07, 6.45) is 5.79. The summed E-state index contributed by atoms with van der Waals surface area (Å²) in [5, 5.41) is 4.34. The highest BCUT2D eigenvalue weighted by atomic mass is 16.5. The summed E-state index contributed by atoms with van der Waals surface area (Å²) in [4.78, 5) is 34.2. The molecule has 2 saturated heterocycles. The van der Waals surface area contributed by atoms with E-state index in [-0.39, 0.29) is 5.78 Å². The van der Waals surface area contributed by atoms with Crippen LogP contribution in [0.5, 0.6) is 0 Å². The summed E-state index contributed by atoms with van der Waals surface area (Å²) < 4.78 is 5.49. The lowest BCUT2D eigenvalue weighted by Crippen LogP contribution is -2.57. The van der Waals surface area contributed by atoms with Crippen LogP contribution in [0.25, 0.3) is 22.3 Å². The van der Waals surface area contributed by atoms with Gasteiger partial charge in [-0.15, -0.1) is 0 Å². The predicted molar refractivity (Wildman–Crippen MR) is 157 cm³/mol. The average Bonchev–Trinajstić information content (AvgIpc) is 3.40. The number of pyridine rings is 1. The third kappa shape index (κ3) is 5.60. The fourth-order valence-electron chi connectivity index (χ4n) is 5.26. The number of morpholine rings is 1. The van der Waals surface area contributed by atoms with Crippen molar-refractivity contribution < 1.29 is 9.53 Å². The molecule has 5 heterocycles. The highest BCUT2D eigenvalue weighted by molar-refractivity contribution is 5.92. The van der Waals surface area contributed by atoms with Gasteiger partial charge in [-0.2, -0.15) is 0 Å². The Morgan fingerprint density at radius 1 is 1.05 bits per heavy atom. The van der Waals surface area contributed by atoms with E-state index in [1.807, 2.05) is 36.4 Å². The molecule has 204 valence electrons. The zero-order valence-corrected chi connectivity index (χ0v) is 22.5. The van der Waals surface area contributed by atoms with E-state index in [2.05, 4.69) is 54.3 Å². The maximum absolute atomic E-state index is 12.9. The van der Waals surface area contributed by atoms with Crippen LogP contribution in [0.4, 0.5) is 11.5 Å². The lowest BCUT2D eigenvalue weighted by Gasteiger charge is -2.42. The molecule has 0 atom stereocenters. The molecule has 0 radical (unpaired) electrons. The van der Waals surface area contributed by atoms with E-state index >= 15 is 0 Å². The van der Waals surface area contributed by atoms with Crippen molar-refractivity contribution in [2.75, 3.05) is 49.2 Å². The number of aromatic nitrogens is 4. The van der Waals surface area contributed by atoms with E-state index in [1.165, 1.54) is 0 Å². The van der Waals surface area contributed by atoms with Crippen LogP contribution >= 0.6 is 0 Å². The molecule has 9 heteroatoms. The van der Waals surface area contributed by atoms with Crippen molar-refractivity contribution in [2.45, 2.75) is 18.9 Å². The molecule has 0 bridgehead atoms. The number of fused-ring (bicyclic) bond motifs is 1. The first-order chi connectivity index (χ1) is 19.6. The minimum Gasteiger partial charge on any atom is -0.379 e. The monoisotopic (exact) mass is 535 g/mol. The number of ketones is 1. The normalized spacial score (nSPS) is 15.6. The van der Waals surface area contributed by atoms with Gasteiger partial charge in [-0.25, -0.2) is 9.97 Å². The molecule has 2 fully saturated rings. The van der Waals surface area contributed by atoms with E-state index in [0.717, 1.165) is 76.9 Å². The van der Waals surface area contributed by atoms with E-state index < -0.39 is 0 Å². The summed E-state index contributed by atoms with van der Waals surface area (Å²) in [5.41, 5.74) is 6.52. The highest BCUT2D eigenvalue weighted by Crippen LogP contribution is 2.29. The molecule has 2 N–H and O–H groups in total. The Hall–Kier alpha value is -4.50. The van der Waals surface area contributed by atoms with Crippen LogP contribution in [0.15, 0.2) is 79.9 Å². The number of nitrogens with zero attached hydrogens (tertiary/aromatic N) is 5. The second-order valence-electron chi connectivity index (χ2n) is 10.3. The largest absolute Gasteiger partial charge is 0.379 e. The number of aromatic amines is 1. The number of H-pyrrole nitrogens is 1. The van der Waals surface area contributed by atoms with Gasteiger partial charge in [-0.1, -0.05) is 37.4 Å². The Morgan fingerprint density at radius 3 is 2.62 bits per heavy atom. The van der Waals surface area contributed by atoms with Crippen LogP contribution in [-0.2, 0) is 22.4 Å². The Balaban J connectivity index is 1.07. The molecule has 0 amide bonds. The molecular weight excluding hydrogens is 502 g/mol. The van der Waals surface area contributed by atoms with Crippen molar-refractivity contribution in [2.24, 2.45) is 0 Å². The summed E-state index contributed by atoms with van der Waals surface area (Å²) in [7, 11) is 0. The molecule has 40 heavy (non-hydrogen) atoms. The molecule has 1 aromatic carbocycles. The van der Waals surface area contributed by atoms with Gasteiger partial charge in [-0.3, -0.25) is 9.78 Å². The van der Waals surface area contributed by atoms with Crippen LogP contribution in [-0.4, -0.2) is 71.2 Å². The minimum atomic E-state index is 0.138. The smallest absolute Gasteiger partial charge is 0.143 e. The van der Waals surface area contributed by atoms with Gasteiger partial charge in [0.2, 0.25) is 0 Å². The number of hydrogen-bond acceptors (Lipinski definition) is 8. The van der Waals surface area contributed by atoms with Gasteiger partial charge < -0.3 is 24.8 Å². The number of nitrogens with one attached hydrogen (secondary N) is 2. The molecule has 0 spiro atoms. The molecule has 2 aliphatic heterocycles. The van der Waals surface area contributed by atoms with Gasteiger partial charge >= 0.3 is 0 Å². The average molecular weight is 536 g/mol. The fraction of sp³-hybridized carbons (Fsp3) is 0.290. The highest BCUT2D eigenvalue weighted by Gasteiger charge is 2.27. The van der Waals surface area contributed by atoms with Crippen molar-refractivity contribution in [1.82, 2.24) is 25.3 Å². The molecule has 0 unspecified atom stereocenters. The number of ether oxygens (including phenoxy) is 1. The first-order valence-electron chi connectivity index (χ1n) is 13.6. The lowest BCUT2D eigenvalue weighted by molar-refractivity contribution is -0.117. The summed E-state index contributed by atoms with van der Waals surface area (Å²) in [6.45, 7) is 12.5. The van der Waals surface area contributed by atoms with Crippen LogP contribution in [0.3, 0.4) is 0 Å². The molecule has 2 aliphatic rings. The Labute approximate surface area is 233 Å². The van der Waals surface area contributed by atoms with E-state index in [0.29, 0.717) is 32.1 Å². The van der Waals surface area contributed by atoms with Crippen LogP contribution in [0, 0.1) is 0 Å². The number of rotatable bonds is 10.